The summed E-state index contributed by atoms with van der Waals surface area (Å²) in [5.41, 5.74) is 0.0706. The minimum atomic E-state index is -1.17. The summed E-state index contributed by atoms with van der Waals surface area (Å²) in [4.78, 5) is 57.3. The molecule has 0 spiro atoms. The van der Waals surface area contributed by atoms with Gasteiger partial charge < -0.3 is 20.5 Å². The minimum Gasteiger partial charge on any atom is -0.481 e. The molecule has 3 N–H and O–H groups in total. The first-order valence-corrected chi connectivity index (χ1v) is 20.2. The topological polar surface area (TPSA) is 135 Å². The summed E-state index contributed by atoms with van der Waals surface area (Å²) in [6.45, 7) is 23.4. The standard InChI is InChI=1S/C44H65N3O6/c1-26(2)34-28(48)24-44(47-37(52)46-40(7,8)31-14-12-13-23-45-31)22-21-42(10)27(35(34)44)15-16-30-41(9)19-18-32(53-33(49)25-38(3,4)36(50)51)39(5,6)29(41)17-20-43(30,42)11/h12-14,23,26-27,29-30,32H,15-22,24-25H2,1-11H3,(H,50,51)(H2,46,47,52)/t27?,29?,30?,32?,41-,42+,43?,44?/m0/s1. The van der Waals surface area contributed by atoms with Crippen LogP contribution in [0.1, 0.15) is 146 Å². The van der Waals surface area contributed by atoms with Gasteiger partial charge >= 0.3 is 18.0 Å². The lowest BCUT2D eigenvalue weighted by atomic mass is 9.33. The van der Waals surface area contributed by atoms with Crippen molar-refractivity contribution < 1.29 is 29.0 Å². The zero-order valence-corrected chi connectivity index (χ0v) is 34.2. The number of amides is 2. The van der Waals surface area contributed by atoms with Crippen LogP contribution in [0.25, 0.3) is 0 Å². The number of aromatic nitrogens is 1. The highest BCUT2D eigenvalue weighted by Crippen LogP contribution is 2.76. The summed E-state index contributed by atoms with van der Waals surface area (Å²) < 4.78 is 6.16. The van der Waals surface area contributed by atoms with E-state index in [-0.39, 0.29) is 57.8 Å². The van der Waals surface area contributed by atoms with Crippen LogP contribution in [0.4, 0.5) is 4.79 Å². The van der Waals surface area contributed by atoms with Gasteiger partial charge in [-0.25, -0.2) is 4.79 Å². The molecule has 2 amide bonds. The van der Waals surface area contributed by atoms with Crippen LogP contribution in [-0.4, -0.2) is 45.5 Å². The van der Waals surface area contributed by atoms with E-state index in [2.05, 4.69) is 64.1 Å². The van der Waals surface area contributed by atoms with Gasteiger partial charge in [-0.05, 0) is 142 Å². The van der Waals surface area contributed by atoms with Crippen molar-refractivity contribution in [3.8, 4) is 0 Å². The third-order valence-corrected chi connectivity index (χ3v) is 15.9. The SMILES string of the molecule is CC(C)C1=C2C3CCC4C(C)(CCC5C(C)(C)C(OC(=O)CC(C)(C)C(=O)O)CC[C@@]54C)[C@]3(C)CCC2(NC(=O)NC(C)(C)c2ccccn2)CC1=O. The summed E-state index contributed by atoms with van der Waals surface area (Å²) >= 11 is 0. The van der Waals surface area contributed by atoms with E-state index < -0.39 is 28.4 Å². The number of rotatable bonds is 8. The highest BCUT2D eigenvalue weighted by Gasteiger charge is 2.70. The van der Waals surface area contributed by atoms with Crippen molar-refractivity contribution in [2.75, 3.05) is 0 Å². The van der Waals surface area contributed by atoms with Gasteiger partial charge in [0, 0.05) is 18.0 Å². The van der Waals surface area contributed by atoms with E-state index in [0.717, 1.165) is 62.6 Å². The fraction of sp³-hybridized carbons (Fsp3) is 0.750. The number of aliphatic carboxylic acids is 1. The molecule has 5 aliphatic rings. The van der Waals surface area contributed by atoms with Gasteiger partial charge in [0.1, 0.15) is 6.10 Å². The maximum absolute atomic E-state index is 14.0. The molecule has 9 heteroatoms. The van der Waals surface area contributed by atoms with Crippen LogP contribution in [-0.2, 0) is 24.7 Å². The Bertz CT molecular complexity index is 1700. The van der Waals surface area contributed by atoms with Gasteiger partial charge in [0.2, 0.25) is 0 Å². The van der Waals surface area contributed by atoms with Crippen LogP contribution in [0.3, 0.4) is 0 Å². The fourth-order valence-corrected chi connectivity index (χ4v) is 12.9. The molecule has 1 heterocycles. The summed E-state index contributed by atoms with van der Waals surface area (Å²) in [7, 11) is 0. The minimum absolute atomic E-state index is 0.0163. The number of carboxylic acid groups (broad SMARTS) is 1. The molecule has 6 rings (SSSR count). The van der Waals surface area contributed by atoms with Crippen molar-refractivity contribution in [2.24, 2.45) is 50.7 Å². The molecule has 292 valence electrons. The van der Waals surface area contributed by atoms with Crippen LogP contribution >= 0.6 is 0 Å². The Hall–Kier alpha value is -3.23. The number of nitrogens with one attached hydrogen (secondary N) is 2. The molecule has 4 fully saturated rings. The van der Waals surface area contributed by atoms with Gasteiger partial charge in [0.15, 0.2) is 5.78 Å². The maximum atomic E-state index is 14.0. The predicted octanol–water partition coefficient (Wildman–Crippen LogP) is 8.76. The highest BCUT2D eigenvalue weighted by molar-refractivity contribution is 6.02. The summed E-state index contributed by atoms with van der Waals surface area (Å²) in [6.07, 6.45) is 9.14. The number of carbonyl (C=O) groups excluding carboxylic acids is 3. The molecular formula is C44H65N3O6. The molecule has 1 aromatic heterocycles. The molecule has 0 aliphatic heterocycles. The third kappa shape index (κ3) is 6.14. The Morgan fingerprint density at radius 1 is 0.925 bits per heavy atom. The average Bonchev–Trinajstić information content (AvgIpc) is 3.34. The van der Waals surface area contributed by atoms with Gasteiger partial charge in [-0.15, -0.1) is 0 Å². The first-order valence-electron chi connectivity index (χ1n) is 20.2. The number of pyridine rings is 1. The van der Waals surface area contributed by atoms with Gasteiger partial charge in [-0.1, -0.05) is 54.5 Å². The zero-order chi connectivity index (χ0) is 39.2. The molecule has 0 saturated heterocycles. The van der Waals surface area contributed by atoms with Crippen molar-refractivity contribution in [3.63, 3.8) is 0 Å². The highest BCUT2D eigenvalue weighted by atomic mass is 16.5. The van der Waals surface area contributed by atoms with E-state index in [4.69, 9.17) is 4.74 Å². The van der Waals surface area contributed by atoms with Crippen LogP contribution in [0.15, 0.2) is 35.5 Å². The van der Waals surface area contributed by atoms with Gasteiger partial charge in [-0.2, -0.15) is 0 Å². The van der Waals surface area contributed by atoms with E-state index in [1.165, 1.54) is 5.57 Å². The van der Waals surface area contributed by atoms with Crippen molar-refractivity contribution >= 4 is 23.8 Å². The largest absolute Gasteiger partial charge is 0.481 e. The van der Waals surface area contributed by atoms with Gasteiger partial charge in [0.05, 0.1) is 28.6 Å². The summed E-state index contributed by atoms with van der Waals surface area (Å²) in [6, 6.07) is 5.45. The predicted molar refractivity (Wildman–Crippen MR) is 205 cm³/mol. The number of carboxylic acids is 1. The van der Waals surface area contributed by atoms with E-state index in [1.807, 2.05) is 32.0 Å². The van der Waals surface area contributed by atoms with Gasteiger partial charge in [-0.3, -0.25) is 19.4 Å². The molecule has 8 atom stereocenters. The Balaban J connectivity index is 1.28. The molecule has 53 heavy (non-hydrogen) atoms. The number of urea groups is 1. The normalized spacial score (nSPS) is 36.5. The summed E-state index contributed by atoms with van der Waals surface area (Å²) in [5, 5.41) is 16.2. The quantitative estimate of drug-likeness (QED) is 0.228. The Labute approximate surface area is 317 Å². The van der Waals surface area contributed by atoms with Crippen molar-refractivity contribution in [2.45, 2.75) is 158 Å². The molecule has 9 nitrogen and oxygen atoms in total. The van der Waals surface area contributed by atoms with Crippen LogP contribution in [0.2, 0.25) is 0 Å². The summed E-state index contributed by atoms with van der Waals surface area (Å²) in [5.74, 6) is -0.193. The monoisotopic (exact) mass is 731 g/mol. The van der Waals surface area contributed by atoms with Crippen molar-refractivity contribution in [3.05, 3.63) is 41.2 Å². The fourth-order valence-electron chi connectivity index (χ4n) is 12.9. The van der Waals surface area contributed by atoms with Crippen LogP contribution < -0.4 is 10.6 Å². The second kappa shape index (κ2) is 12.9. The third-order valence-electron chi connectivity index (χ3n) is 15.9. The lowest BCUT2D eigenvalue weighted by molar-refractivity contribution is -0.232. The van der Waals surface area contributed by atoms with Crippen molar-refractivity contribution in [1.29, 1.82) is 0 Å². The van der Waals surface area contributed by atoms with Crippen molar-refractivity contribution in [1.82, 2.24) is 15.6 Å². The molecular weight excluding hydrogens is 666 g/mol. The number of nitrogens with zero attached hydrogens (tertiary/aromatic N) is 1. The van der Waals surface area contributed by atoms with Gasteiger partial charge in [0.25, 0.3) is 0 Å². The molecule has 6 unspecified atom stereocenters. The average molecular weight is 732 g/mol. The van der Waals surface area contributed by atoms with E-state index in [9.17, 15) is 24.3 Å². The second-order valence-corrected chi connectivity index (χ2v) is 20.4. The molecule has 0 radical (unpaired) electrons. The lowest BCUT2D eigenvalue weighted by Gasteiger charge is -2.72. The molecule has 4 saturated carbocycles. The molecule has 0 aromatic carbocycles. The number of ketones is 1. The second-order valence-electron chi connectivity index (χ2n) is 20.4. The Kier molecular flexibility index (Phi) is 9.63. The number of esters is 1. The first-order chi connectivity index (χ1) is 24.5. The molecule has 0 bridgehead atoms. The number of Topliss-reactive ketones (excluding diaryl/α,β-unsaturated/α-hetero) is 1. The Morgan fingerprint density at radius 3 is 2.25 bits per heavy atom. The molecule has 1 aromatic rings. The van der Waals surface area contributed by atoms with Crippen LogP contribution in [0.5, 0.6) is 0 Å². The number of allylic oxidation sites excluding steroid dienone is 1. The zero-order valence-electron chi connectivity index (χ0n) is 34.2. The van der Waals surface area contributed by atoms with E-state index >= 15 is 0 Å². The number of hydrogen-bond donors (Lipinski definition) is 3. The first kappa shape index (κ1) is 39.5. The number of fused-ring (bicyclic) bond motifs is 7. The van der Waals surface area contributed by atoms with E-state index in [0.29, 0.717) is 18.3 Å². The molecule has 5 aliphatic carbocycles. The maximum Gasteiger partial charge on any atom is 0.316 e. The van der Waals surface area contributed by atoms with Crippen LogP contribution in [0, 0.1) is 50.7 Å². The smallest absolute Gasteiger partial charge is 0.316 e. The Morgan fingerprint density at radius 2 is 1.62 bits per heavy atom. The number of ether oxygens (including phenoxy) is 1. The lowest BCUT2D eigenvalue weighted by Crippen LogP contribution is -2.67. The number of carbonyl (C=O) groups is 4. The van der Waals surface area contributed by atoms with E-state index in [1.54, 1.807) is 20.0 Å². The number of hydrogen-bond acceptors (Lipinski definition) is 6.